The molecule has 2 heterocycles. The molecule has 5 nitrogen and oxygen atoms in total. The van der Waals surface area contributed by atoms with Gasteiger partial charge in [0.25, 0.3) is 0 Å². The second-order valence-corrected chi connectivity index (χ2v) is 6.31. The van der Waals surface area contributed by atoms with Crippen LogP contribution in [0.2, 0.25) is 0 Å². The topological polar surface area (TPSA) is 53.0 Å². The number of carbonyl (C=O) groups is 1. The Balaban J connectivity index is 1.65. The van der Waals surface area contributed by atoms with E-state index in [4.69, 9.17) is 4.74 Å². The summed E-state index contributed by atoms with van der Waals surface area (Å²) < 4.78 is 32.7. The number of likely N-dealkylation sites (tertiary alicyclic amines) is 1. The number of morpholine rings is 1. The lowest BCUT2D eigenvalue weighted by Gasteiger charge is -2.29. The number of nitrogens with zero attached hydrogens (tertiary/aromatic N) is 2. The Hall–Kier alpha value is -1.57. The van der Waals surface area contributed by atoms with Gasteiger partial charge in [-0.05, 0) is 24.6 Å². The van der Waals surface area contributed by atoms with Crippen molar-refractivity contribution in [2.24, 2.45) is 0 Å². The van der Waals surface area contributed by atoms with Crippen molar-refractivity contribution < 1.29 is 23.4 Å². The molecule has 0 aliphatic carbocycles. The minimum atomic E-state index is -0.601. The first-order valence-electron chi connectivity index (χ1n) is 8.27. The smallest absolute Gasteiger partial charge is 0.224 e. The highest BCUT2D eigenvalue weighted by molar-refractivity contribution is 5.76. The van der Waals surface area contributed by atoms with Gasteiger partial charge in [-0.3, -0.25) is 9.69 Å². The summed E-state index contributed by atoms with van der Waals surface area (Å²) in [6.45, 7) is 3.04. The van der Waals surface area contributed by atoms with Crippen molar-refractivity contribution in [1.82, 2.24) is 9.80 Å². The van der Waals surface area contributed by atoms with Crippen LogP contribution in [0.25, 0.3) is 0 Å². The van der Waals surface area contributed by atoms with E-state index in [0.29, 0.717) is 52.2 Å². The molecule has 1 N–H and O–H groups in total. The van der Waals surface area contributed by atoms with E-state index in [-0.39, 0.29) is 11.5 Å². The highest BCUT2D eigenvalue weighted by atomic mass is 19.1. The first kappa shape index (κ1) is 17.3. The molecule has 0 saturated carbocycles. The van der Waals surface area contributed by atoms with Crippen LogP contribution in [0.3, 0.4) is 0 Å². The zero-order valence-corrected chi connectivity index (χ0v) is 13.5. The fraction of sp³-hybridized carbons (Fsp3) is 0.588. The van der Waals surface area contributed by atoms with E-state index in [1.165, 1.54) is 6.07 Å². The van der Waals surface area contributed by atoms with Gasteiger partial charge in [0.15, 0.2) is 0 Å². The third-order valence-corrected chi connectivity index (χ3v) is 4.68. The number of benzene rings is 1. The number of hydrogen-bond donors (Lipinski definition) is 1. The Morgan fingerprint density at radius 3 is 2.79 bits per heavy atom. The van der Waals surface area contributed by atoms with Crippen LogP contribution in [0.5, 0.6) is 0 Å². The Morgan fingerprint density at radius 2 is 2.04 bits per heavy atom. The molecule has 2 aliphatic heterocycles. The minimum Gasteiger partial charge on any atom is -0.392 e. The SMILES string of the molecule is O=C(CCN1C[C@@H](O)C[C@H]1c1cc(F)ccc1F)N1CCOCC1. The van der Waals surface area contributed by atoms with Crippen LogP contribution in [0.4, 0.5) is 8.78 Å². The number of β-amino-alcohol motifs (C(OH)–C–C–N with tert-alkyl or cyclic N) is 1. The molecule has 3 rings (SSSR count). The fourth-order valence-corrected chi connectivity index (χ4v) is 3.43. The average molecular weight is 340 g/mol. The minimum absolute atomic E-state index is 0.0261. The molecule has 7 heteroatoms. The van der Waals surface area contributed by atoms with Crippen LogP contribution in [0.15, 0.2) is 18.2 Å². The van der Waals surface area contributed by atoms with Crippen LogP contribution >= 0.6 is 0 Å². The summed E-state index contributed by atoms with van der Waals surface area (Å²) in [4.78, 5) is 15.9. The Kier molecular flexibility index (Phi) is 5.43. The first-order valence-corrected chi connectivity index (χ1v) is 8.27. The molecule has 2 aliphatic rings. The molecular formula is C17H22F2N2O3. The lowest BCUT2D eigenvalue weighted by atomic mass is 10.0. The van der Waals surface area contributed by atoms with Crippen LogP contribution in [0, 0.1) is 11.6 Å². The lowest BCUT2D eigenvalue weighted by molar-refractivity contribution is -0.135. The van der Waals surface area contributed by atoms with E-state index < -0.39 is 23.8 Å². The van der Waals surface area contributed by atoms with Gasteiger partial charge in [-0.2, -0.15) is 0 Å². The van der Waals surface area contributed by atoms with Crippen LogP contribution in [-0.2, 0) is 9.53 Å². The number of rotatable bonds is 4. The predicted molar refractivity (Wildman–Crippen MR) is 83.3 cm³/mol. The first-order chi connectivity index (χ1) is 11.5. The highest BCUT2D eigenvalue weighted by Crippen LogP contribution is 2.34. The lowest BCUT2D eigenvalue weighted by Crippen LogP contribution is -2.42. The number of halogens is 2. The van der Waals surface area contributed by atoms with Gasteiger partial charge in [0.05, 0.1) is 19.3 Å². The number of aliphatic hydroxyl groups is 1. The third kappa shape index (κ3) is 3.91. The summed E-state index contributed by atoms with van der Waals surface area (Å²) >= 11 is 0. The number of ether oxygens (including phenoxy) is 1. The van der Waals surface area contributed by atoms with E-state index in [1.807, 2.05) is 4.90 Å². The summed E-state index contributed by atoms with van der Waals surface area (Å²) in [6, 6.07) is 2.95. The van der Waals surface area contributed by atoms with Crippen LogP contribution in [0.1, 0.15) is 24.4 Å². The molecule has 0 aromatic heterocycles. The molecule has 0 unspecified atom stereocenters. The van der Waals surface area contributed by atoms with Gasteiger partial charge in [0.1, 0.15) is 11.6 Å². The number of amides is 1. The molecule has 132 valence electrons. The van der Waals surface area contributed by atoms with Crippen LogP contribution in [-0.4, -0.2) is 66.3 Å². The molecule has 1 aromatic rings. The zero-order valence-electron chi connectivity index (χ0n) is 13.5. The van der Waals surface area contributed by atoms with E-state index in [0.717, 1.165) is 12.1 Å². The van der Waals surface area contributed by atoms with E-state index in [2.05, 4.69) is 0 Å². The summed E-state index contributed by atoms with van der Waals surface area (Å²) in [5.74, 6) is -0.963. The largest absolute Gasteiger partial charge is 0.392 e. The van der Waals surface area contributed by atoms with Gasteiger partial charge in [0.2, 0.25) is 5.91 Å². The second kappa shape index (κ2) is 7.55. The van der Waals surface area contributed by atoms with Crippen molar-refractivity contribution in [2.75, 3.05) is 39.4 Å². The quantitative estimate of drug-likeness (QED) is 0.898. The maximum absolute atomic E-state index is 14.0. The molecule has 24 heavy (non-hydrogen) atoms. The molecule has 0 spiro atoms. The monoisotopic (exact) mass is 340 g/mol. The number of hydrogen-bond acceptors (Lipinski definition) is 4. The van der Waals surface area contributed by atoms with Gasteiger partial charge in [-0.15, -0.1) is 0 Å². The van der Waals surface area contributed by atoms with E-state index in [1.54, 1.807) is 4.90 Å². The summed E-state index contributed by atoms with van der Waals surface area (Å²) in [5, 5.41) is 9.94. The van der Waals surface area contributed by atoms with Crippen LogP contribution < -0.4 is 0 Å². The molecule has 2 fully saturated rings. The van der Waals surface area contributed by atoms with Crippen molar-refractivity contribution in [2.45, 2.75) is 25.0 Å². The molecule has 2 atom stereocenters. The predicted octanol–water partition coefficient (Wildman–Crippen LogP) is 1.32. The molecule has 2 saturated heterocycles. The van der Waals surface area contributed by atoms with Gasteiger partial charge in [-0.1, -0.05) is 0 Å². The van der Waals surface area contributed by atoms with E-state index in [9.17, 15) is 18.7 Å². The highest BCUT2D eigenvalue weighted by Gasteiger charge is 2.34. The Bertz CT molecular complexity index is 593. The van der Waals surface area contributed by atoms with Gasteiger partial charge in [-0.25, -0.2) is 8.78 Å². The number of carbonyl (C=O) groups excluding carboxylic acids is 1. The van der Waals surface area contributed by atoms with Crippen molar-refractivity contribution in [1.29, 1.82) is 0 Å². The summed E-state index contributed by atoms with van der Waals surface area (Å²) in [5.41, 5.74) is 0.241. The summed E-state index contributed by atoms with van der Waals surface area (Å²) in [6.07, 6.45) is 0.0304. The third-order valence-electron chi connectivity index (χ3n) is 4.68. The standard InChI is InChI=1S/C17H22F2N2O3/c18-12-1-2-15(19)14(9-12)16-10-13(22)11-21(16)4-3-17(23)20-5-7-24-8-6-20/h1-2,9,13,16,22H,3-8,10-11H2/t13-,16-/m0/s1. The molecule has 0 radical (unpaired) electrons. The molecule has 1 aromatic carbocycles. The van der Waals surface area contributed by atoms with Gasteiger partial charge >= 0.3 is 0 Å². The van der Waals surface area contributed by atoms with Crippen molar-refractivity contribution >= 4 is 5.91 Å². The Morgan fingerprint density at radius 1 is 1.29 bits per heavy atom. The summed E-state index contributed by atoms with van der Waals surface area (Å²) in [7, 11) is 0. The fourth-order valence-electron chi connectivity index (χ4n) is 3.43. The van der Waals surface area contributed by atoms with E-state index >= 15 is 0 Å². The van der Waals surface area contributed by atoms with Crippen molar-refractivity contribution in [3.63, 3.8) is 0 Å². The second-order valence-electron chi connectivity index (χ2n) is 6.31. The van der Waals surface area contributed by atoms with Gasteiger partial charge in [0, 0.05) is 44.2 Å². The maximum Gasteiger partial charge on any atom is 0.224 e. The maximum atomic E-state index is 14.0. The number of aliphatic hydroxyl groups excluding tert-OH is 1. The average Bonchev–Trinajstić information content (AvgIpc) is 2.96. The molecule has 0 bridgehead atoms. The van der Waals surface area contributed by atoms with Crippen molar-refractivity contribution in [3.8, 4) is 0 Å². The molecular weight excluding hydrogens is 318 g/mol. The van der Waals surface area contributed by atoms with Gasteiger partial charge < -0.3 is 14.7 Å². The molecule has 1 amide bonds. The van der Waals surface area contributed by atoms with Crippen molar-refractivity contribution in [3.05, 3.63) is 35.4 Å². The zero-order chi connectivity index (χ0) is 17.1. The Labute approximate surface area is 139 Å². The normalized spacial score (nSPS) is 25.2.